The lowest BCUT2D eigenvalue weighted by atomic mass is 9.88. The predicted octanol–water partition coefficient (Wildman–Crippen LogP) is 5.01. The van der Waals surface area contributed by atoms with Crippen LogP contribution in [0.2, 0.25) is 0 Å². The molecule has 1 amide bonds. The summed E-state index contributed by atoms with van der Waals surface area (Å²) >= 11 is 0. The number of amides is 1. The van der Waals surface area contributed by atoms with Crippen molar-refractivity contribution in [1.82, 2.24) is 4.90 Å². The molecule has 1 atom stereocenters. The number of likely N-dealkylation sites (tertiary alicyclic amines) is 1. The molecule has 0 bridgehead atoms. The largest absolute Gasteiger partial charge is 0.490 e. The number of hydrogen-bond donors (Lipinski definition) is 2. The summed E-state index contributed by atoms with van der Waals surface area (Å²) in [5.41, 5.74) is 2.45. The van der Waals surface area contributed by atoms with Crippen LogP contribution in [0.1, 0.15) is 49.9 Å². The Morgan fingerprint density at radius 1 is 1.07 bits per heavy atom. The quantitative estimate of drug-likeness (QED) is 0.677. The number of nitrogens with zero attached hydrogens (tertiary/aromatic N) is 1. The fourth-order valence-electron chi connectivity index (χ4n) is 4.32. The summed E-state index contributed by atoms with van der Waals surface area (Å²) in [4.78, 5) is 15.3. The van der Waals surface area contributed by atoms with Crippen LogP contribution in [0.5, 0.6) is 5.75 Å². The van der Waals surface area contributed by atoms with Crippen molar-refractivity contribution in [2.45, 2.75) is 51.2 Å². The maximum atomic E-state index is 12.6. The van der Waals surface area contributed by atoms with Crippen molar-refractivity contribution in [3.63, 3.8) is 0 Å². The zero-order valence-corrected chi connectivity index (χ0v) is 18.3. The third-order valence-corrected chi connectivity index (χ3v) is 6.34. The first-order chi connectivity index (χ1) is 14.4. The van der Waals surface area contributed by atoms with Crippen LogP contribution in [0, 0.1) is 5.92 Å². The Balaban J connectivity index is 1.34. The number of hydrogen-bond acceptors (Lipinski definition) is 4. The molecule has 1 aliphatic carbocycles. The van der Waals surface area contributed by atoms with Gasteiger partial charge in [-0.05, 0) is 75.4 Å². The van der Waals surface area contributed by atoms with Gasteiger partial charge in [0.25, 0.3) is 5.91 Å². The number of ether oxygens (including phenoxy) is 1. The number of anilines is 2. The van der Waals surface area contributed by atoms with Gasteiger partial charge in [0.15, 0.2) is 0 Å². The Morgan fingerprint density at radius 2 is 1.77 bits per heavy atom. The molecule has 1 unspecified atom stereocenters. The molecule has 4 rings (SSSR count). The summed E-state index contributed by atoms with van der Waals surface area (Å²) in [6.45, 7) is 7.00. The second-order valence-electron chi connectivity index (χ2n) is 9.21. The van der Waals surface area contributed by atoms with Crippen LogP contribution in [0.15, 0.2) is 48.5 Å². The first kappa shape index (κ1) is 20.7. The van der Waals surface area contributed by atoms with Gasteiger partial charge in [0.1, 0.15) is 11.9 Å². The van der Waals surface area contributed by atoms with Gasteiger partial charge in [-0.25, -0.2) is 0 Å². The number of rotatable bonds is 7. The molecule has 1 saturated carbocycles. The molecule has 30 heavy (non-hydrogen) atoms. The van der Waals surface area contributed by atoms with Gasteiger partial charge >= 0.3 is 0 Å². The zero-order chi connectivity index (χ0) is 21.1. The number of benzene rings is 2. The van der Waals surface area contributed by atoms with Crippen LogP contribution in [-0.4, -0.2) is 42.6 Å². The Kier molecular flexibility index (Phi) is 6.00. The third-order valence-electron chi connectivity index (χ3n) is 6.34. The fraction of sp³-hybridized carbons (Fsp3) is 0.480. The summed E-state index contributed by atoms with van der Waals surface area (Å²) in [7, 11) is 1.84. The van der Waals surface area contributed by atoms with Gasteiger partial charge in [-0.2, -0.15) is 0 Å². The molecule has 2 aromatic carbocycles. The number of para-hydroxylation sites is 2. The lowest BCUT2D eigenvalue weighted by Crippen LogP contribution is -2.53. The van der Waals surface area contributed by atoms with Crippen molar-refractivity contribution in [2.75, 3.05) is 30.8 Å². The average Bonchev–Trinajstić information content (AvgIpc) is 3.55. The maximum absolute atomic E-state index is 12.6. The SMILES string of the molecule is CNc1ccccc1NC(=O)c1ccc(OC2CCN(CC3CC3)C(C)(C)C2)cc1. The minimum atomic E-state index is -0.126. The fourth-order valence-corrected chi connectivity index (χ4v) is 4.32. The van der Waals surface area contributed by atoms with E-state index in [1.54, 1.807) is 0 Å². The van der Waals surface area contributed by atoms with E-state index < -0.39 is 0 Å². The van der Waals surface area contributed by atoms with E-state index in [2.05, 4.69) is 29.4 Å². The molecule has 1 saturated heterocycles. The molecule has 2 aromatic rings. The van der Waals surface area contributed by atoms with E-state index in [0.29, 0.717) is 5.56 Å². The smallest absolute Gasteiger partial charge is 0.255 e. The summed E-state index contributed by atoms with van der Waals surface area (Å²) in [5.74, 6) is 1.62. The second-order valence-corrected chi connectivity index (χ2v) is 9.21. The highest BCUT2D eigenvalue weighted by Gasteiger charge is 2.38. The van der Waals surface area contributed by atoms with Crippen molar-refractivity contribution in [1.29, 1.82) is 0 Å². The Morgan fingerprint density at radius 3 is 2.40 bits per heavy atom. The highest BCUT2D eigenvalue weighted by Crippen LogP contribution is 2.36. The van der Waals surface area contributed by atoms with E-state index in [4.69, 9.17) is 4.74 Å². The van der Waals surface area contributed by atoms with Crippen molar-refractivity contribution < 1.29 is 9.53 Å². The van der Waals surface area contributed by atoms with Crippen LogP contribution in [0.3, 0.4) is 0 Å². The first-order valence-electron chi connectivity index (χ1n) is 11.0. The van der Waals surface area contributed by atoms with E-state index in [1.807, 2.05) is 55.6 Å². The van der Waals surface area contributed by atoms with Gasteiger partial charge < -0.3 is 15.4 Å². The highest BCUT2D eigenvalue weighted by molar-refractivity contribution is 6.05. The molecule has 1 aliphatic heterocycles. The van der Waals surface area contributed by atoms with Gasteiger partial charge in [0.05, 0.1) is 11.4 Å². The average molecular weight is 408 g/mol. The Labute approximate surface area is 179 Å². The Bertz CT molecular complexity index is 874. The zero-order valence-electron chi connectivity index (χ0n) is 18.3. The molecular formula is C25H33N3O2. The van der Waals surface area contributed by atoms with Gasteiger partial charge in [-0.3, -0.25) is 9.69 Å². The van der Waals surface area contributed by atoms with E-state index in [0.717, 1.165) is 42.4 Å². The predicted molar refractivity (Wildman–Crippen MR) is 122 cm³/mol. The molecule has 5 heteroatoms. The van der Waals surface area contributed by atoms with Gasteiger partial charge in [-0.15, -0.1) is 0 Å². The van der Waals surface area contributed by atoms with Crippen molar-refractivity contribution in [3.05, 3.63) is 54.1 Å². The standard InChI is InChI=1S/C25H33N3O2/c1-25(2)16-21(14-15-28(25)17-18-8-9-18)30-20-12-10-19(11-13-20)24(29)27-23-7-5-4-6-22(23)26-3/h4-7,10-13,18,21,26H,8-9,14-17H2,1-3H3,(H,27,29). The maximum Gasteiger partial charge on any atom is 0.255 e. The van der Waals surface area contributed by atoms with Crippen molar-refractivity contribution in [2.24, 2.45) is 5.92 Å². The summed E-state index contributed by atoms with van der Waals surface area (Å²) in [6.07, 6.45) is 5.10. The lowest BCUT2D eigenvalue weighted by molar-refractivity contribution is 0.00604. The van der Waals surface area contributed by atoms with Crippen molar-refractivity contribution >= 4 is 17.3 Å². The van der Waals surface area contributed by atoms with E-state index >= 15 is 0 Å². The second kappa shape index (κ2) is 8.68. The monoisotopic (exact) mass is 407 g/mol. The number of carbonyl (C=O) groups is 1. The van der Waals surface area contributed by atoms with Crippen molar-refractivity contribution in [3.8, 4) is 5.75 Å². The molecular weight excluding hydrogens is 374 g/mol. The lowest BCUT2D eigenvalue weighted by Gasteiger charge is -2.45. The number of carbonyl (C=O) groups excluding carboxylic acids is 1. The third kappa shape index (κ3) is 4.96. The van der Waals surface area contributed by atoms with Gasteiger partial charge in [-0.1, -0.05) is 12.1 Å². The summed E-state index contributed by atoms with van der Waals surface area (Å²) in [5, 5.41) is 6.06. The number of nitrogens with one attached hydrogen (secondary N) is 2. The molecule has 2 N–H and O–H groups in total. The topological polar surface area (TPSA) is 53.6 Å². The van der Waals surface area contributed by atoms with Crippen LogP contribution in [-0.2, 0) is 0 Å². The van der Waals surface area contributed by atoms with E-state index in [1.165, 1.54) is 19.4 Å². The van der Waals surface area contributed by atoms with Crippen LogP contribution in [0.4, 0.5) is 11.4 Å². The van der Waals surface area contributed by atoms with Crippen LogP contribution < -0.4 is 15.4 Å². The minimum Gasteiger partial charge on any atom is -0.490 e. The molecule has 0 spiro atoms. The highest BCUT2D eigenvalue weighted by atomic mass is 16.5. The normalized spacial score (nSPS) is 21.1. The molecule has 2 aliphatic rings. The van der Waals surface area contributed by atoms with Crippen LogP contribution in [0.25, 0.3) is 0 Å². The number of piperidine rings is 1. The summed E-state index contributed by atoms with van der Waals surface area (Å²) < 4.78 is 6.28. The van der Waals surface area contributed by atoms with Gasteiger partial charge in [0.2, 0.25) is 0 Å². The minimum absolute atomic E-state index is 0.126. The first-order valence-corrected chi connectivity index (χ1v) is 11.0. The molecule has 0 aromatic heterocycles. The van der Waals surface area contributed by atoms with E-state index in [-0.39, 0.29) is 17.6 Å². The van der Waals surface area contributed by atoms with Crippen LogP contribution >= 0.6 is 0 Å². The van der Waals surface area contributed by atoms with Gasteiger partial charge in [0, 0.05) is 37.7 Å². The molecule has 1 heterocycles. The molecule has 5 nitrogen and oxygen atoms in total. The van der Waals surface area contributed by atoms with E-state index in [9.17, 15) is 4.79 Å². The Hall–Kier alpha value is -2.53. The molecule has 160 valence electrons. The molecule has 2 fully saturated rings. The summed E-state index contributed by atoms with van der Waals surface area (Å²) in [6, 6.07) is 15.1. The molecule has 0 radical (unpaired) electrons.